The van der Waals surface area contributed by atoms with Gasteiger partial charge in [0, 0.05) is 13.1 Å². The SMILES string of the molecule is [CH]1COCCOCCNCCO1. The maximum absolute atomic E-state index is 5.26. The summed E-state index contributed by atoms with van der Waals surface area (Å²) in [5, 5.41) is 3.19. The molecule has 1 rings (SSSR count). The second-order valence-electron chi connectivity index (χ2n) is 2.47. The van der Waals surface area contributed by atoms with Crippen LogP contribution in [0.1, 0.15) is 0 Å². The van der Waals surface area contributed by atoms with E-state index in [1.54, 1.807) is 6.61 Å². The van der Waals surface area contributed by atoms with Gasteiger partial charge in [0.25, 0.3) is 0 Å². The number of nitrogens with one attached hydrogen (secondary N) is 1. The Morgan fingerprint density at radius 2 is 1.75 bits per heavy atom. The lowest BCUT2D eigenvalue weighted by atomic mass is 10.6. The molecule has 0 aromatic heterocycles. The molecule has 0 spiro atoms. The van der Waals surface area contributed by atoms with Crippen LogP contribution in [0, 0.1) is 6.61 Å². The average molecular weight is 174 g/mol. The van der Waals surface area contributed by atoms with Crippen LogP contribution < -0.4 is 5.32 Å². The van der Waals surface area contributed by atoms with Crippen molar-refractivity contribution in [3.63, 3.8) is 0 Å². The molecule has 0 amide bonds. The highest BCUT2D eigenvalue weighted by Gasteiger charge is 1.94. The number of hydrogen-bond acceptors (Lipinski definition) is 4. The van der Waals surface area contributed by atoms with E-state index in [1.165, 1.54) is 0 Å². The minimum atomic E-state index is 0.545. The first-order chi connectivity index (χ1) is 6.00. The summed E-state index contributed by atoms with van der Waals surface area (Å²) in [7, 11) is 0. The monoisotopic (exact) mass is 174 g/mol. The van der Waals surface area contributed by atoms with Gasteiger partial charge >= 0.3 is 0 Å². The van der Waals surface area contributed by atoms with Gasteiger partial charge in [0.15, 0.2) is 0 Å². The Bertz CT molecular complexity index is 57.3. The molecule has 1 fully saturated rings. The minimum Gasteiger partial charge on any atom is -0.378 e. The van der Waals surface area contributed by atoms with Gasteiger partial charge in [-0.05, 0) is 0 Å². The summed E-state index contributed by atoms with van der Waals surface area (Å²) >= 11 is 0. The lowest BCUT2D eigenvalue weighted by molar-refractivity contribution is 0.0322. The molecule has 1 saturated heterocycles. The van der Waals surface area contributed by atoms with Crippen LogP contribution in [0.15, 0.2) is 0 Å². The minimum absolute atomic E-state index is 0.545. The first kappa shape index (κ1) is 9.92. The Hall–Kier alpha value is -0.160. The molecule has 4 nitrogen and oxygen atoms in total. The van der Waals surface area contributed by atoms with Gasteiger partial charge in [-0.15, -0.1) is 0 Å². The van der Waals surface area contributed by atoms with Crippen molar-refractivity contribution in [1.82, 2.24) is 5.32 Å². The zero-order chi connectivity index (χ0) is 8.49. The number of rotatable bonds is 0. The van der Waals surface area contributed by atoms with Crippen LogP contribution in [0.2, 0.25) is 0 Å². The third kappa shape index (κ3) is 5.49. The highest BCUT2D eigenvalue weighted by atomic mass is 16.5. The Morgan fingerprint density at radius 1 is 0.917 bits per heavy atom. The van der Waals surface area contributed by atoms with Crippen molar-refractivity contribution >= 4 is 0 Å². The van der Waals surface area contributed by atoms with Crippen LogP contribution in [0.4, 0.5) is 0 Å². The van der Waals surface area contributed by atoms with E-state index in [1.807, 2.05) is 0 Å². The van der Waals surface area contributed by atoms with E-state index in [0.717, 1.165) is 19.7 Å². The summed E-state index contributed by atoms with van der Waals surface area (Å²) in [6.45, 7) is 6.71. The molecule has 0 unspecified atom stereocenters. The smallest absolute Gasteiger partial charge is 0.109 e. The summed E-state index contributed by atoms with van der Waals surface area (Å²) < 4.78 is 15.6. The quantitative estimate of drug-likeness (QED) is 0.552. The first-order valence-electron chi connectivity index (χ1n) is 4.29. The molecule has 1 aliphatic heterocycles. The third-order valence-corrected chi connectivity index (χ3v) is 1.50. The molecule has 12 heavy (non-hydrogen) atoms. The fourth-order valence-electron chi connectivity index (χ4n) is 0.883. The normalized spacial score (nSPS) is 24.0. The van der Waals surface area contributed by atoms with Crippen LogP contribution in [0.3, 0.4) is 0 Å². The highest BCUT2D eigenvalue weighted by molar-refractivity contribution is 4.51. The zero-order valence-electron chi connectivity index (χ0n) is 7.25. The summed E-state index contributed by atoms with van der Waals surface area (Å²) in [4.78, 5) is 0. The van der Waals surface area contributed by atoms with Crippen molar-refractivity contribution < 1.29 is 14.2 Å². The molecular weight excluding hydrogens is 158 g/mol. The second-order valence-corrected chi connectivity index (χ2v) is 2.47. The summed E-state index contributed by atoms with van der Waals surface area (Å²) in [6, 6.07) is 0. The fraction of sp³-hybridized carbons (Fsp3) is 0.875. The van der Waals surface area contributed by atoms with Crippen LogP contribution >= 0.6 is 0 Å². The summed E-state index contributed by atoms with van der Waals surface area (Å²) in [6.07, 6.45) is 0. The molecule has 71 valence electrons. The average Bonchev–Trinajstić information content (AvgIpc) is 2.05. The molecule has 1 heterocycles. The Balaban J connectivity index is 2.00. The summed E-state index contributed by atoms with van der Waals surface area (Å²) in [5.74, 6) is 0. The fourth-order valence-corrected chi connectivity index (χ4v) is 0.883. The molecule has 0 aromatic rings. The van der Waals surface area contributed by atoms with E-state index in [0.29, 0.717) is 26.4 Å². The van der Waals surface area contributed by atoms with Crippen molar-refractivity contribution in [1.29, 1.82) is 0 Å². The number of ether oxygens (including phenoxy) is 3. The van der Waals surface area contributed by atoms with Crippen LogP contribution in [-0.4, -0.2) is 46.1 Å². The highest BCUT2D eigenvalue weighted by Crippen LogP contribution is 1.86. The molecule has 1 radical (unpaired) electrons. The van der Waals surface area contributed by atoms with Gasteiger partial charge in [-0.3, -0.25) is 0 Å². The molecular formula is C8H16NO3. The second kappa shape index (κ2) is 7.49. The van der Waals surface area contributed by atoms with Gasteiger partial charge in [0.05, 0.1) is 33.0 Å². The topological polar surface area (TPSA) is 39.7 Å². The van der Waals surface area contributed by atoms with Gasteiger partial charge in [0.1, 0.15) is 6.61 Å². The molecule has 0 aromatic carbocycles. The van der Waals surface area contributed by atoms with Crippen molar-refractivity contribution in [2.75, 3.05) is 46.1 Å². The maximum Gasteiger partial charge on any atom is 0.109 e. The lowest BCUT2D eigenvalue weighted by Crippen LogP contribution is -2.25. The number of hydrogen-bond donors (Lipinski definition) is 1. The third-order valence-electron chi connectivity index (χ3n) is 1.50. The van der Waals surface area contributed by atoms with E-state index in [9.17, 15) is 0 Å². The van der Waals surface area contributed by atoms with Crippen molar-refractivity contribution in [2.24, 2.45) is 0 Å². The van der Waals surface area contributed by atoms with E-state index < -0.39 is 0 Å². The van der Waals surface area contributed by atoms with Crippen molar-refractivity contribution in [2.45, 2.75) is 0 Å². The standard InChI is InChI=1S/C8H16NO3/c1-3-10-5-7-12-8-6-11-4-2-9-1/h5,9H,1-4,6-8H2. The molecule has 1 N–H and O–H groups in total. The van der Waals surface area contributed by atoms with Crippen LogP contribution in [-0.2, 0) is 14.2 Å². The molecule has 1 aliphatic rings. The van der Waals surface area contributed by atoms with Gasteiger partial charge in [-0.25, -0.2) is 0 Å². The van der Waals surface area contributed by atoms with Gasteiger partial charge in [0.2, 0.25) is 0 Å². The molecule has 0 saturated carbocycles. The maximum atomic E-state index is 5.26. The summed E-state index contributed by atoms with van der Waals surface area (Å²) in [5.41, 5.74) is 0. The van der Waals surface area contributed by atoms with E-state index in [4.69, 9.17) is 14.2 Å². The van der Waals surface area contributed by atoms with Gasteiger partial charge in [-0.1, -0.05) is 0 Å². The van der Waals surface area contributed by atoms with E-state index in [-0.39, 0.29) is 0 Å². The predicted octanol–water partition coefficient (Wildman–Crippen LogP) is -0.199. The van der Waals surface area contributed by atoms with Gasteiger partial charge in [-0.2, -0.15) is 0 Å². The van der Waals surface area contributed by atoms with Crippen LogP contribution in [0.5, 0.6) is 0 Å². The predicted molar refractivity (Wildman–Crippen MR) is 44.8 cm³/mol. The Morgan fingerprint density at radius 3 is 2.75 bits per heavy atom. The van der Waals surface area contributed by atoms with Crippen LogP contribution in [0.25, 0.3) is 0 Å². The largest absolute Gasteiger partial charge is 0.378 e. The van der Waals surface area contributed by atoms with E-state index in [2.05, 4.69) is 5.32 Å². The molecule has 0 aliphatic carbocycles. The van der Waals surface area contributed by atoms with Gasteiger partial charge < -0.3 is 19.5 Å². The molecule has 0 bridgehead atoms. The van der Waals surface area contributed by atoms with E-state index >= 15 is 0 Å². The zero-order valence-corrected chi connectivity index (χ0v) is 7.25. The first-order valence-corrected chi connectivity index (χ1v) is 4.29. The molecule has 0 atom stereocenters. The Kier molecular flexibility index (Phi) is 6.19. The van der Waals surface area contributed by atoms with Crippen molar-refractivity contribution in [3.8, 4) is 0 Å². The lowest BCUT2D eigenvalue weighted by Gasteiger charge is -2.09. The Labute approximate surface area is 73.2 Å². The van der Waals surface area contributed by atoms with Crippen molar-refractivity contribution in [3.05, 3.63) is 6.61 Å². The molecule has 4 heteroatoms.